The molecular weight excluding hydrogens is 769 g/mol. The summed E-state index contributed by atoms with van der Waals surface area (Å²) in [6.07, 6.45) is 35.5. The van der Waals surface area contributed by atoms with E-state index in [0.29, 0.717) is 52.6 Å². The zero-order valence-corrected chi connectivity index (χ0v) is 40.9. The zero-order valence-electron chi connectivity index (χ0n) is 40.9. The van der Waals surface area contributed by atoms with Gasteiger partial charge in [-0.15, -0.1) is 0 Å². The number of carbonyl (C=O) groups excluding carboxylic acids is 1. The van der Waals surface area contributed by atoms with E-state index in [9.17, 15) is 4.79 Å². The molecule has 0 unspecified atom stereocenters. The molecule has 0 saturated heterocycles. The van der Waals surface area contributed by atoms with Gasteiger partial charge in [0, 0.05) is 37.8 Å². The van der Waals surface area contributed by atoms with Crippen LogP contribution < -0.4 is 9.88 Å². The molecule has 0 aromatic carbocycles. The summed E-state index contributed by atoms with van der Waals surface area (Å²) in [5.41, 5.74) is 12.0. The van der Waals surface area contributed by atoms with Gasteiger partial charge in [-0.1, -0.05) is 111 Å². The summed E-state index contributed by atoms with van der Waals surface area (Å²) in [7, 11) is 0. The highest BCUT2D eigenvalue weighted by molar-refractivity contribution is 5.67. The van der Waals surface area contributed by atoms with Crippen molar-refractivity contribution in [2.24, 2.45) is 10.8 Å². The van der Waals surface area contributed by atoms with Gasteiger partial charge in [-0.05, 0) is 133 Å². The number of aryl methyl sites for hydroxylation is 1. The number of amides is 1. The van der Waals surface area contributed by atoms with Crippen molar-refractivity contribution < 1.29 is 28.3 Å². The highest BCUT2D eigenvalue weighted by Crippen LogP contribution is 2.41. The maximum absolute atomic E-state index is 11.7. The van der Waals surface area contributed by atoms with Gasteiger partial charge in [0.2, 0.25) is 5.69 Å². The van der Waals surface area contributed by atoms with Crippen molar-refractivity contribution in [1.29, 1.82) is 0 Å². The number of pyridine rings is 1. The van der Waals surface area contributed by atoms with Gasteiger partial charge in [0.25, 0.3) is 0 Å². The zero-order chi connectivity index (χ0) is 45.6. The van der Waals surface area contributed by atoms with Crippen molar-refractivity contribution in [3.63, 3.8) is 0 Å². The van der Waals surface area contributed by atoms with Crippen molar-refractivity contribution in [1.82, 2.24) is 5.32 Å². The lowest BCUT2D eigenvalue weighted by Gasteiger charge is -2.33. The molecule has 0 bridgehead atoms. The van der Waals surface area contributed by atoms with Crippen LogP contribution in [0.5, 0.6) is 0 Å². The number of nitrogens with one attached hydrogen (secondary N) is 1. The Hall–Kier alpha value is -4.04. The van der Waals surface area contributed by atoms with Gasteiger partial charge < -0.3 is 24.3 Å². The Morgan fingerprint density at radius 3 is 1.81 bits per heavy atom. The third-order valence-electron chi connectivity index (χ3n) is 11.5. The quantitative estimate of drug-likeness (QED) is 0.0675. The van der Waals surface area contributed by atoms with Gasteiger partial charge >= 0.3 is 6.09 Å². The third-order valence-corrected chi connectivity index (χ3v) is 11.5. The number of carbonyl (C=O) groups is 1. The number of alkyl carbamates (subject to hydrolysis) is 1. The van der Waals surface area contributed by atoms with E-state index in [2.05, 4.69) is 157 Å². The average molecular weight is 852 g/mol. The summed E-state index contributed by atoms with van der Waals surface area (Å²) in [5, 5.41) is 2.74. The summed E-state index contributed by atoms with van der Waals surface area (Å²) in [6, 6.07) is 4.46. The first-order chi connectivity index (χ1) is 29.4. The van der Waals surface area contributed by atoms with Gasteiger partial charge in [-0.2, -0.15) is 4.57 Å². The number of rotatable bonds is 23. The van der Waals surface area contributed by atoms with E-state index in [1.807, 2.05) is 20.8 Å². The minimum Gasteiger partial charge on any atom is -0.444 e. The Morgan fingerprint density at radius 2 is 1.26 bits per heavy atom. The Balaban J connectivity index is 1.57. The summed E-state index contributed by atoms with van der Waals surface area (Å²) >= 11 is 0. The van der Waals surface area contributed by atoms with Crippen molar-refractivity contribution in [3.8, 4) is 0 Å². The molecular formula is C55H83N2O5+. The summed E-state index contributed by atoms with van der Waals surface area (Å²) in [5.74, 6) is 0. The van der Waals surface area contributed by atoms with Gasteiger partial charge in [0.15, 0.2) is 12.7 Å². The van der Waals surface area contributed by atoms with Crippen LogP contribution in [0.3, 0.4) is 0 Å². The van der Waals surface area contributed by atoms with Crippen molar-refractivity contribution >= 4 is 18.2 Å². The topological polar surface area (TPSA) is 69.9 Å². The van der Waals surface area contributed by atoms with Crippen LogP contribution in [0.1, 0.15) is 146 Å². The molecule has 0 spiro atoms. The summed E-state index contributed by atoms with van der Waals surface area (Å²) in [6.45, 7) is 30.8. The number of hydrogen-bond acceptors (Lipinski definition) is 5. The van der Waals surface area contributed by atoms with E-state index in [0.717, 1.165) is 24.2 Å². The van der Waals surface area contributed by atoms with Crippen LogP contribution in [0.2, 0.25) is 0 Å². The fourth-order valence-corrected chi connectivity index (χ4v) is 8.06. The number of hydrogen-bond donors (Lipinski definition) is 1. The molecule has 3 rings (SSSR count). The molecule has 7 heteroatoms. The van der Waals surface area contributed by atoms with Crippen molar-refractivity contribution in [3.05, 3.63) is 123 Å². The SMILES string of the molecule is CC1=C(/C=C/C(C)=C/C=C/C(C)=C/c2cc(/C=C/C=C(C)/C=C/C3=C(C)CCCC3(C)C)cc[n+]2CCCOCCOCCOCCCNC(=O)OC(C)(C)C)C(C)(C)CCC1. The van der Waals surface area contributed by atoms with Gasteiger partial charge in [-0.25, -0.2) is 4.79 Å². The number of nitrogens with zero attached hydrogens (tertiary/aromatic N) is 1. The maximum Gasteiger partial charge on any atom is 0.407 e. The minimum absolute atomic E-state index is 0.241. The standard InChI is InChI=1S/C55H82N2O5/c1-43(25-27-50-46(4)22-15-30-54(50,9)10)19-13-21-45(3)41-49-42-48(24-14-20-44(2)26-28-51-47(5)23-16-31-55(51,11)12)29-34-57(49)33-18-36-60-38-40-61-39-37-59-35-17-32-56-52(58)62-53(6,7)8/h13-14,19-21,24-29,34,41-42H,15-18,22-23,30-33,35-40H2,1-12H3/p+1/b21-13+,24-14+,27-25+,28-26+,43-19+,44-20+,45-41+. The van der Waals surface area contributed by atoms with Crippen LogP contribution in [0.4, 0.5) is 4.79 Å². The molecule has 1 aromatic rings. The molecule has 1 amide bonds. The first-order valence-electron chi connectivity index (χ1n) is 23.2. The number of aromatic nitrogens is 1. The Morgan fingerprint density at radius 1 is 0.726 bits per heavy atom. The smallest absolute Gasteiger partial charge is 0.407 e. The largest absolute Gasteiger partial charge is 0.444 e. The Bertz CT molecular complexity index is 1870. The highest BCUT2D eigenvalue weighted by Gasteiger charge is 2.27. The summed E-state index contributed by atoms with van der Waals surface area (Å²) in [4.78, 5) is 11.7. The van der Waals surface area contributed by atoms with Crippen LogP contribution in [0.15, 0.2) is 112 Å². The maximum atomic E-state index is 11.7. The molecule has 7 nitrogen and oxygen atoms in total. The first kappa shape index (κ1) is 52.3. The first-order valence-corrected chi connectivity index (χ1v) is 23.2. The third kappa shape index (κ3) is 20.4. The van der Waals surface area contributed by atoms with Crippen molar-refractivity contribution in [2.45, 2.75) is 147 Å². The van der Waals surface area contributed by atoms with E-state index < -0.39 is 11.7 Å². The van der Waals surface area contributed by atoms with Crippen LogP contribution in [-0.2, 0) is 25.5 Å². The summed E-state index contributed by atoms with van der Waals surface area (Å²) < 4.78 is 24.8. The molecule has 2 aliphatic carbocycles. The molecule has 62 heavy (non-hydrogen) atoms. The highest BCUT2D eigenvalue weighted by atomic mass is 16.6. The normalized spacial score (nSPS) is 18.0. The number of allylic oxidation sites excluding steroid dienone is 16. The molecule has 2 aliphatic rings. The predicted molar refractivity (Wildman–Crippen MR) is 261 cm³/mol. The van der Waals surface area contributed by atoms with Crippen LogP contribution in [-0.4, -0.2) is 57.9 Å². The molecule has 342 valence electrons. The molecule has 0 fully saturated rings. The second-order valence-corrected chi connectivity index (χ2v) is 19.5. The van der Waals surface area contributed by atoms with Crippen LogP contribution in [0.25, 0.3) is 12.2 Å². The van der Waals surface area contributed by atoms with Gasteiger partial charge in [0.05, 0.1) is 33.0 Å². The van der Waals surface area contributed by atoms with Gasteiger partial charge in [-0.3, -0.25) is 0 Å². The van der Waals surface area contributed by atoms with E-state index >= 15 is 0 Å². The fourth-order valence-electron chi connectivity index (χ4n) is 8.06. The average Bonchev–Trinajstić information content (AvgIpc) is 3.17. The molecule has 0 atom stereocenters. The Kier molecular flexibility index (Phi) is 22.4. The lowest BCUT2D eigenvalue weighted by Crippen LogP contribution is -2.37. The van der Waals surface area contributed by atoms with E-state index in [4.69, 9.17) is 18.9 Å². The van der Waals surface area contributed by atoms with E-state index in [1.54, 1.807) is 0 Å². The predicted octanol–water partition coefficient (Wildman–Crippen LogP) is 13.4. The van der Waals surface area contributed by atoms with Crippen LogP contribution in [0, 0.1) is 10.8 Å². The molecule has 0 aliphatic heterocycles. The lowest BCUT2D eigenvalue weighted by molar-refractivity contribution is -0.699. The molecule has 0 saturated carbocycles. The van der Waals surface area contributed by atoms with E-state index in [1.165, 1.54) is 77.5 Å². The molecule has 0 radical (unpaired) electrons. The van der Waals surface area contributed by atoms with Gasteiger partial charge in [0.1, 0.15) is 5.60 Å². The Labute approximate surface area is 377 Å². The van der Waals surface area contributed by atoms with E-state index in [-0.39, 0.29) is 10.8 Å². The molecule has 1 aromatic heterocycles. The second kappa shape index (κ2) is 26.6. The molecule has 1 heterocycles. The number of ether oxygens (including phenoxy) is 4. The second-order valence-electron chi connectivity index (χ2n) is 19.5. The van der Waals surface area contributed by atoms with Crippen LogP contribution >= 0.6 is 0 Å². The molecule has 1 N–H and O–H groups in total. The lowest BCUT2D eigenvalue weighted by atomic mass is 9.72. The minimum atomic E-state index is -0.497. The fraction of sp³-hybridized carbons (Fsp3) is 0.564. The monoisotopic (exact) mass is 852 g/mol. The van der Waals surface area contributed by atoms with Crippen molar-refractivity contribution in [2.75, 3.05) is 46.2 Å².